The molecule has 1 atom stereocenters. The molecule has 3 heteroatoms. The zero-order valence-corrected chi connectivity index (χ0v) is 13.0. The highest BCUT2D eigenvalue weighted by molar-refractivity contribution is 6.32. The Balaban J connectivity index is 1.73. The number of nitrogens with one attached hydrogen (secondary N) is 1. The Morgan fingerprint density at radius 3 is 2.75 bits per heavy atom. The van der Waals surface area contributed by atoms with Crippen LogP contribution in [0.4, 0.5) is 0 Å². The first kappa shape index (κ1) is 14.2. The summed E-state index contributed by atoms with van der Waals surface area (Å²) >= 11 is 6.42. The Morgan fingerprint density at radius 1 is 1.25 bits per heavy atom. The zero-order valence-electron chi connectivity index (χ0n) is 12.3. The molecular formula is C17H24ClNO. The molecule has 1 aliphatic heterocycles. The molecule has 1 heterocycles. The van der Waals surface area contributed by atoms with Crippen LogP contribution in [-0.2, 0) is 6.42 Å². The molecule has 110 valence electrons. The van der Waals surface area contributed by atoms with Crippen molar-refractivity contribution >= 4 is 11.6 Å². The SMILES string of the molecule is Cc1cc(Cl)c(OCC2CCC2)c(CC2CCCN2)c1. The van der Waals surface area contributed by atoms with Crippen LogP contribution in [0.2, 0.25) is 5.02 Å². The Hall–Kier alpha value is -0.730. The quantitative estimate of drug-likeness (QED) is 0.882. The van der Waals surface area contributed by atoms with Crippen LogP contribution in [0.5, 0.6) is 5.75 Å². The first-order chi connectivity index (χ1) is 9.72. The molecule has 1 N–H and O–H groups in total. The molecule has 0 radical (unpaired) electrons. The third-order valence-electron chi connectivity index (χ3n) is 4.58. The lowest BCUT2D eigenvalue weighted by Crippen LogP contribution is -2.24. The Morgan fingerprint density at radius 2 is 2.10 bits per heavy atom. The lowest BCUT2D eigenvalue weighted by molar-refractivity contribution is 0.179. The molecule has 2 aliphatic rings. The van der Waals surface area contributed by atoms with E-state index in [2.05, 4.69) is 18.3 Å². The van der Waals surface area contributed by atoms with Gasteiger partial charge in [0, 0.05) is 6.04 Å². The van der Waals surface area contributed by atoms with Gasteiger partial charge in [0.1, 0.15) is 5.75 Å². The minimum Gasteiger partial charge on any atom is -0.491 e. The first-order valence-corrected chi connectivity index (χ1v) is 8.25. The van der Waals surface area contributed by atoms with E-state index in [1.165, 1.54) is 43.2 Å². The normalized spacial score (nSPS) is 22.8. The third-order valence-corrected chi connectivity index (χ3v) is 4.86. The smallest absolute Gasteiger partial charge is 0.141 e. The number of ether oxygens (including phenoxy) is 1. The molecule has 20 heavy (non-hydrogen) atoms. The number of benzene rings is 1. The van der Waals surface area contributed by atoms with E-state index in [0.29, 0.717) is 6.04 Å². The standard InChI is InChI=1S/C17H24ClNO/c1-12-8-14(10-15-6-3-7-19-15)17(16(18)9-12)20-11-13-4-2-5-13/h8-9,13,15,19H,2-7,10-11H2,1H3. The van der Waals surface area contributed by atoms with Crippen molar-refractivity contribution < 1.29 is 4.74 Å². The molecule has 1 unspecified atom stereocenters. The van der Waals surface area contributed by atoms with E-state index in [4.69, 9.17) is 16.3 Å². The molecule has 0 bridgehead atoms. The number of hydrogen-bond donors (Lipinski definition) is 1. The van der Waals surface area contributed by atoms with E-state index >= 15 is 0 Å². The molecule has 3 rings (SSSR count). The Labute approximate surface area is 126 Å². The van der Waals surface area contributed by atoms with Gasteiger partial charge in [0.05, 0.1) is 11.6 Å². The fourth-order valence-electron chi connectivity index (χ4n) is 3.17. The minimum atomic E-state index is 0.582. The maximum absolute atomic E-state index is 6.42. The van der Waals surface area contributed by atoms with Gasteiger partial charge in [-0.3, -0.25) is 0 Å². The predicted molar refractivity (Wildman–Crippen MR) is 83.8 cm³/mol. The van der Waals surface area contributed by atoms with Gasteiger partial charge in [-0.1, -0.05) is 24.1 Å². The molecular weight excluding hydrogens is 270 g/mol. The van der Waals surface area contributed by atoms with E-state index < -0.39 is 0 Å². The van der Waals surface area contributed by atoms with E-state index in [9.17, 15) is 0 Å². The van der Waals surface area contributed by atoms with Crippen LogP contribution >= 0.6 is 11.6 Å². The van der Waals surface area contributed by atoms with E-state index in [0.717, 1.165) is 36.3 Å². The monoisotopic (exact) mass is 293 g/mol. The van der Waals surface area contributed by atoms with Gasteiger partial charge in [0.15, 0.2) is 0 Å². The number of aryl methyl sites for hydroxylation is 1. The van der Waals surface area contributed by atoms with E-state index in [-0.39, 0.29) is 0 Å². The summed E-state index contributed by atoms with van der Waals surface area (Å²) in [7, 11) is 0. The van der Waals surface area contributed by atoms with Crippen LogP contribution in [0.25, 0.3) is 0 Å². The molecule has 0 aromatic heterocycles. The summed E-state index contributed by atoms with van der Waals surface area (Å²) < 4.78 is 6.08. The lowest BCUT2D eigenvalue weighted by atomic mass is 9.86. The van der Waals surface area contributed by atoms with Crippen molar-refractivity contribution in [3.8, 4) is 5.75 Å². The fraction of sp³-hybridized carbons (Fsp3) is 0.647. The Kier molecular flexibility index (Phi) is 4.52. The van der Waals surface area contributed by atoms with Gasteiger partial charge >= 0.3 is 0 Å². The average Bonchev–Trinajstić information content (AvgIpc) is 2.83. The summed E-state index contributed by atoms with van der Waals surface area (Å²) in [5.74, 6) is 1.67. The summed E-state index contributed by atoms with van der Waals surface area (Å²) in [5.41, 5.74) is 2.49. The van der Waals surface area contributed by atoms with E-state index in [1.54, 1.807) is 0 Å². The van der Waals surface area contributed by atoms with Gasteiger partial charge in [-0.15, -0.1) is 0 Å². The Bertz CT molecular complexity index is 464. The molecule has 0 spiro atoms. The van der Waals surface area contributed by atoms with Gasteiger partial charge < -0.3 is 10.1 Å². The summed E-state index contributed by atoms with van der Waals surface area (Å²) in [4.78, 5) is 0. The molecule has 1 saturated carbocycles. The number of halogens is 1. The predicted octanol–water partition coefficient (Wildman–Crippen LogP) is 4.12. The van der Waals surface area contributed by atoms with Crippen LogP contribution < -0.4 is 10.1 Å². The highest BCUT2D eigenvalue weighted by Gasteiger charge is 2.21. The second kappa shape index (κ2) is 6.36. The molecule has 2 nitrogen and oxygen atoms in total. The van der Waals surface area contributed by atoms with Crippen molar-refractivity contribution in [2.75, 3.05) is 13.2 Å². The second-order valence-electron chi connectivity index (χ2n) is 6.34. The van der Waals surface area contributed by atoms with Crippen LogP contribution in [0.3, 0.4) is 0 Å². The lowest BCUT2D eigenvalue weighted by Gasteiger charge is -2.26. The van der Waals surface area contributed by atoms with Crippen molar-refractivity contribution in [3.05, 3.63) is 28.3 Å². The minimum absolute atomic E-state index is 0.582. The first-order valence-electron chi connectivity index (χ1n) is 7.87. The van der Waals surface area contributed by atoms with Crippen molar-refractivity contribution in [2.24, 2.45) is 5.92 Å². The second-order valence-corrected chi connectivity index (χ2v) is 6.75. The third kappa shape index (κ3) is 3.29. The largest absolute Gasteiger partial charge is 0.491 e. The highest BCUT2D eigenvalue weighted by atomic mass is 35.5. The van der Waals surface area contributed by atoms with Gasteiger partial charge in [0.2, 0.25) is 0 Å². The summed E-state index contributed by atoms with van der Waals surface area (Å²) in [6.45, 7) is 4.07. The van der Waals surface area contributed by atoms with Gasteiger partial charge in [-0.05, 0) is 68.7 Å². The fourth-order valence-corrected chi connectivity index (χ4v) is 3.52. The maximum atomic E-state index is 6.42. The van der Waals surface area contributed by atoms with Crippen LogP contribution in [-0.4, -0.2) is 19.2 Å². The van der Waals surface area contributed by atoms with Crippen LogP contribution in [0.15, 0.2) is 12.1 Å². The average molecular weight is 294 g/mol. The van der Waals surface area contributed by atoms with Crippen molar-refractivity contribution in [1.82, 2.24) is 5.32 Å². The van der Waals surface area contributed by atoms with Gasteiger partial charge in [-0.2, -0.15) is 0 Å². The van der Waals surface area contributed by atoms with Crippen molar-refractivity contribution in [2.45, 2.75) is 51.5 Å². The topological polar surface area (TPSA) is 21.3 Å². The van der Waals surface area contributed by atoms with Crippen LogP contribution in [0.1, 0.15) is 43.2 Å². The zero-order chi connectivity index (χ0) is 13.9. The highest BCUT2D eigenvalue weighted by Crippen LogP contribution is 2.34. The molecule has 2 fully saturated rings. The maximum Gasteiger partial charge on any atom is 0.141 e. The van der Waals surface area contributed by atoms with E-state index in [1.807, 2.05) is 6.07 Å². The molecule has 1 aromatic rings. The van der Waals surface area contributed by atoms with Crippen molar-refractivity contribution in [3.63, 3.8) is 0 Å². The molecule has 1 saturated heterocycles. The summed E-state index contributed by atoms with van der Waals surface area (Å²) in [5, 5.41) is 4.34. The molecule has 0 amide bonds. The molecule has 1 aromatic carbocycles. The molecule has 1 aliphatic carbocycles. The number of rotatable bonds is 5. The number of hydrogen-bond acceptors (Lipinski definition) is 2. The summed E-state index contributed by atoms with van der Waals surface area (Å²) in [6.07, 6.45) is 7.54. The summed E-state index contributed by atoms with van der Waals surface area (Å²) in [6, 6.07) is 4.84. The van der Waals surface area contributed by atoms with Crippen LogP contribution in [0, 0.1) is 12.8 Å². The van der Waals surface area contributed by atoms with Crippen molar-refractivity contribution in [1.29, 1.82) is 0 Å². The van der Waals surface area contributed by atoms with Gasteiger partial charge in [0.25, 0.3) is 0 Å². The van der Waals surface area contributed by atoms with Gasteiger partial charge in [-0.25, -0.2) is 0 Å².